The molecule has 3 rings (SSSR count). The van der Waals surface area contributed by atoms with Gasteiger partial charge in [0.15, 0.2) is 0 Å². The van der Waals surface area contributed by atoms with Crippen LogP contribution < -0.4 is 5.32 Å². The van der Waals surface area contributed by atoms with Crippen LogP contribution >= 0.6 is 0 Å². The zero-order chi connectivity index (χ0) is 15.4. The Bertz CT molecular complexity index is 847. The number of anilines is 1. The standard InChI is InChI=1S/C17H12N4O/c18-12-14-5-1-2-8-16(14)20-17(22)13-6-3-7-15(11-13)21-10-4-9-19-21/h1-11H,(H,20,22). The van der Waals surface area contributed by atoms with Crippen molar-refractivity contribution in [2.45, 2.75) is 0 Å². The van der Waals surface area contributed by atoms with E-state index in [-0.39, 0.29) is 5.91 Å². The Kier molecular flexibility index (Phi) is 3.67. The molecule has 0 atom stereocenters. The molecule has 0 bridgehead atoms. The molecule has 3 aromatic rings. The van der Waals surface area contributed by atoms with Gasteiger partial charge in [-0.3, -0.25) is 4.79 Å². The number of nitrogens with one attached hydrogen (secondary N) is 1. The van der Waals surface area contributed by atoms with Crippen molar-refractivity contribution in [3.8, 4) is 11.8 Å². The number of rotatable bonds is 3. The van der Waals surface area contributed by atoms with Crippen LogP contribution in [-0.2, 0) is 0 Å². The third-order valence-corrected chi connectivity index (χ3v) is 3.17. The number of carbonyl (C=O) groups excluding carboxylic acids is 1. The Morgan fingerprint density at radius 2 is 2.00 bits per heavy atom. The summed E-state index contributed by atoms with van der Waals surface area (Å²) in [5.41, 5.74) is 2.23. The average Bonchev–Trinajstić information content (AvgIpc) is 3.10. The second-order valence-corrected chi connectivity index (χ2v) is 4.61. The number of aromatic nitrogens is 2. The zero-order valence-corrected chi connectivity index (χ0v) is 11.6. The highest BCUT2D eigenvalue weighted by atomic mass is 16.1. The highest BCUT2D eigenvalue weighted by Crippen LogP contribution is 2.16. The summed E-state index contributed by atoms with van der Waals surface area (Å²) < 4.78 is 1.68. The fraction of sp³-hybridized carbons (Fsp3) is 0. The number of para-hydroxylation sites is 1. The van der Waals surface area contributed by atoms with Crippen LogP contribution in [0.3, 0.4) is 0 Å². The summed E-state index contributed by atoms with van der Waals surface area (Å²) in [5.74, 6) is -0.267. The normalized spacial score (nSPS) is 9.95. The van der Waals surface area contributed by atoms with Gasteiger partial charge in [0.1, 0.15) is 6.07 Å². The van der Waals surface area contributed by atoms with Crippen molar-refractivity contribution in [1.82, 2.24) is 9.78 Å². The molecule has 0 aliphatic heterocycles. The maximum atomic E-state index is 12.4. The number of nitriles is 1. The van der Waals surface area contributed by atoms with E-state index in [1.54, 1.807) is 53.3 Å². The number of benzene rings is 2. The van der Waals surface area contributed by atoms with Crippen LogP contribution in [0.15, 0.2) is 67.0 Å². The van der Waals surface area contributed by atoms with E-state index in [9.17, 15) is 4.79 Å². The zero-order valence-electron chi connectivity index (χ0n) is 11.6. The van der Waals surface area contributed by atoms with Gasteiger partial charge in [-0.05, 0) is 36.4 Å². The van der Waals surface area contributed by atoms with E-state index >= 15 is 0 Å². The molecule has 0 saturated carbocycles. The molecule has 1 aromatic heterocycles. The van der Waals surface area contributed by atoms with Gasteiger partial charge in [0, 0.05) is 18.0 Å². The third kappa shape index (κ3) is 2.72. The second-order valence-electron chi connectivity index (χ2n) is 4.61. The summed E-state index contributed by atoms with van der Waals surface area (Å²) in [6.45, 7) is 0. The second kappa shape index (κ2) is 5.94. The number of hydrogen-bond donors (Lipinski definition) is 1. The molecule has 0 fully saturated rings. The van der Waals surface area contributed by atoms with E-state index in [2.05, 4.69) is 16.5 Å². The summed E-state index contributed by atoms with van der Waals surface area (Å²) in [6, 6.07) is 17.9. The molecule has 0 saturated heterocycles. The summed E-state index contributed by atoms with van der Waals surface area (Å²) in [6.07, 6.45) is 3.48. The molecule has 5 nitrogen and oxygen atoms in total. The van der Waals surface area contributed by atoms with Crippen LogP contribution in [-0.4, -0.2) is 15.7 Å². The Hall–Kier alpha value is -3.39. The molecule has 1 N–H and O–H groups in total. The third-order valence-electron chi connectivity index (χ3n) is 3.17. The van der Waals surface area contributed by atoms with Gasteiger partial charge in [0.2, 0.25) is 0 Å². The van der Waals surface area contributed by atoms with E-state index in [0.29, 0.717) is 16.8 Å². The molecule has 0 aliphatic rings. The van der Waals surface area contributed by atoms with Crippen molar-refractivity contribution in [1.29, 1.82) is 5.26 Å². The molecule has 5 heteroatoms. The number of hydrogen-bond acceptors (Lipinski definition) is 3. The van der Waals surface area contributed by atoms with Gasteiger partial charge < -0.3 is 5.32 Å². The van der Waals surface area contributed by atoms with Crippen molar-refractivity contribution in [2.24, 2.45) is 0 Å². The van der Waals surface area contributed by atoms with Crippen molar-refractivity contribution < 1.29 is 4.79 Å². The Morgan fingerprint density at radius 3 is 2.77 bits per heavy atom. The lowest BCUT2D eigenvalue weighted by Crippen LogP contribution is -2.13. The fourth-order valence-electron chi connectivity index (χ4n) is 2.10. The first-order valence-corrected chi connectivity index (χ1v) is 6.68. The molecule has 106 valence electrons. The first kappa shape index (κ1) is 13.6. The van der Waals surface area contributed by atoms with Crippen LogP contribution in [0.1, 0.15) is 15.9 Å². The molecule has 1 amide bonds. The largest absolute Gasteiger partial charge is 0.321 e. The van der Waals surface area contributed by atoms with Crippen LogP contribution in [0.4, 0.5) is 5.69 Å². The maximum absolute atomic E-state index is 12.4. The summed E-state index contributed by atoms with van der Waals surface area (Å²) in [7, 11) is 0. The number of nitrogens with zero attached hydrogens (tertiary/aromatic N) is 3. The van der Waals surface area contributed by atoms with Gasteiger partial charge >= 0.3 is 0 Å². The van der Waals surface area contributed by atoms with Gasteiger partial charge in [-0.15, -0.1) is 0 Å². The predicted octanol–water partition coefficient (Wildman–Crippen LogP) is 3.00. The lowest BCUT2D eigenvalue weighted by atomic mass is 10.1. The molecule has 0 aliphatic carbocycles. The number of carbonyl (C=O) groups is 1. The lowest BCUT2D eigenvalue weighted by molar-refractivity contribution is 0.102. The van der Waals surface area contributed by atoms with Crippen LogP contribution in [0.5, 0.6) is 0 Å². The average molecular weight is 288 g/mol. The first-order chi connectivity index (χ1) is 10.8. The Balaban J connectivity index is 1.87. The van der Waals surface area contributed by atoms with E-state index in [4.69, 9.17) is 5.26 Å². The number of amides is 1. The van der Waals surface area contributed by atoms with Crippen LogP contribution in [0.2, 0.25) is 0 Å². The van der Waals surface area contributed by atoms with Gasteiger partial charge in [0.25, 0.3) is 5.91 Å². The fourth-order valence-corrected chi connectivity index (χ4v) is 2.10. The molecule has 0 unspecified atom stereocenters. The van der Waals surface area contributed by atoms with E-state index in [1.807, 2.05) is 18.3 Å². The Morgan fingerprint density at radius 1 is 1.14 bits per heavy atom. The smallest absolute Gasteiger partial charge is 0.255 e. The molecule has 1 heterocycles. The van der Waals surface area contributed by atoms with E-state index in [0.717, 1.165) is 5.69 Å². The van der Waals surface area contributed by atoms with Crippen molar-refractivity contribution in [3.63, 3.8) is 0 Å². The topological polar surface area (TPSA) is 70.7 Å². The lowest BCUT2D eigenvalue weighted by Gasteiger charge is -2.08. The van der Waals surface area contributed by atoms with Crippen LogP contribution in [0.25, 0.3) is 5.69 Å². The molecule has 0 radical (unpaired) electrons. The van der Waals surface area contributed by atoms with Crippen LogP contribution in [0, 0.1) is 11.3 Å². The van der Waals surface area contributed by atoms with Crippen molar-refractivity contribution in [3.05, 3.63) is 78.1 Å². The van der Waals surface area contributed by atoms with E-state index in [1.165, 1.54) is 0 Å². The quantitative estimate of drug-likeness (QED) is 0.805. The van der Waals surface area contributed by atoms with Gasteiger partial charge in [-0.1, -0.05) is 18.2 Å². The predicted molar refractivity (Wildman–Crippen MR) is 82.7 cm³/mol. The minimum absolute atomic E-state index is 0.267. The summed E-state index contributed by atoms with van der Waals surface area (Å²) in [5, 5.41) is 16.0. The maximum Gasteiger partial charge on any atom is 0.255 e. The highest BCUT2D eigenvalue weighted by Gasteiger charge is 2.09. The van der Waals surface area contributed by atoms with Gasteiger partial charge in [-0.25, -0.2) is 4.68 Å². The minimum atomic E-state index is -0.267. The summed E-state index contributed by atoms with van der Waals surface area (Å²) in [4.78, 5) is 12.4. The summed E-state index contributed by atoms with van der Waals surface area (Å²) >= 11 is 0. The molecular weight excluding hydrogens is 276 g/mol. The van der Waals surface area contributed by atoms with E-state index < -0.39 is 0 Å². The molecule has 22 heavy (non-hydrogen) atoms. The molecule has 2 aromatic carbocycles. The first-order valence-electron chi connectivity index (χ1n) is 6.68. The van der Waals surface area contributed by atoms with Crippen molar-refractivity contribution >= 4 is 11.6 Å². The monoisotopic (exact) mass is 288 g/mol. The highest BCUT2D eigenvalue weighted by molar-refractivity contribution is 6.05. The molecular formula is C17H12N4O. The van der Waals surface area contributed by atoms with Gasteiger partial charge in [0.05, 0.1) is 16.9 Å². The minimum Gasteiger partial charge on any atom is -0.321 e. The SMILES string of the molecule is N#Cc1ccccc1NC(=O)c1cccc(-n2cccn2)c1. The van der Waals surface area contributed by atoms with Crippen molar-refractivity contribution in [2.75, 3.05) is 5.32 Å². The molecule has 0 spiro atoms. The van der Waals surface area contributed by atoms with Gasteiger partial charge in [-0.2, -0.15) is 10.4 Å². The Labute approximate surface area is 127 Å².